The molecular weight excluding hydrogens is 248 g/mol. The lowest BCUT2D eigenvalue weighted by molar-refractivity contribution is 0.102. The standard InChI is InChI=1S/C9H7ClN4OS/c1-5-8(16-14-13-5)9(15)12-7-3-2-6(10)4-11-7/h2-4H,1H3,(H,11,12,15). The zero-order valence-electron chi connectivity index (χ0n) is 8.27. The third kappa shape index (κ3) is 2.34. The molecule has 0 radical (unpaired) electrons. The fourth-order valence-corrected chi connectivity index (χ4v) is 1.73. The van der Waals surface area contributed by atoms with E-state index in [0.29, 0.717) is 21.4 Å². The fraction of sp³-hybridized carbons (Fsp3) is 0.111. The third-order valence-electron chi connectivity index (χ3n) is 1.83. The first-order chi connectivity index (χ1) is 7.66. The molecule has 0 saturated carbocycles. The van der Waals surface area contributed by atoms with E-state index in [-0.39, 0.29) is 5.91 Å². The van der Waals surface area contributed by atoms with Crippen molar-refractivity contribution in [3.8, 4) is 0 Å². The molecule has 0 aliphatic carbocycles. The van der Waals surface area contributed by atoms with E-state index in [0.717, 1.165) is 11.5 Å². The number of nitrogens with zero attached hydrogens (tertiary/aromatic N) is 3. The summed E-state index contributed by atoms with van der Waals surface area (Å²) in [6.07, 6.45) is 1.47. The monoisotopic (exact) mass is 254 g/mol. The number of carbonyl (C=O) groups excluding carboxylic acids is 1. The van der Waals surface area contributed by atoms with Crippen LogP contribution in [0.2, 0.25) is 5.02 Å². The normalized spacial score (nSPS) is 10.1. The average molecular weight is 255 g/mol. The number of hydrogen-bond donors (Lipinski definition) is 1. The molecule has 2 rings (SSSR count). The van der Waals surface area contributed by atoms with Gasteiger partial charge in [0, 0.05) is 6.20 Å². The molecule has 7 heteroatoms. The Kier molecular flexibility index (Phi) is 3.12. The topological polar surface area (TPSA) is 67.8 Å². The van der Waals surface area contributed by atoms with Crippen molar-refractivity contribution in [3.05, 3.63) is 33.9 Å². The first-order valence-electron chi connectivity index (χ1n) is 4.38. The van der Waals surface area contributed by atoms with Crippen LogP contribution in [-0.2, 0) is 0 Å². The number of hydrogen-bond acceptors (Lipinski definition) is 5. The molecule has 0 aliphatic heterocycles. The molecule has 82 valence electrons. The minimum Gasteiger partial charge on any atom is -0.306 e. The predicted octanol–water partition coefficient (Wildman–Crippen LogP) is 2.15. The van der Waals surface area contributed by atoms with Gasteiger partial charge in [-0.25, -0.2) is 4.98 Å². The molecule has 0 bridgehead atoms. The number of aryl methyl sites for hydroxylation is 1. The highest BCUT2D eigenvalue weighted by Crippen LogP contribution is 2.13. The van der Waals surface area contributed by atoms with Crippen molar-refractivity contribution in [1.82, 2.24) is 14.6 Å². The van der Waals surface area contributed by atoms with Gasteiger partial charge in [0.2, 0.25) is 0 Å². The van der Waals surface area contributed by atoms with Crippen LogP contribution in [-0.4, -0.2) is 20.5 Å². The van der Waals surface area contributed by atoms with Gasteiger partial charge in [-0.3, -0.25) is 4.79 Å². The van der Waals surface area contributed by atoms with E-state index >= 15 is 0 Å². The molecule has 1 amide bonds. The Bertz CT molecular complexity index is 510. The summed E-state index contributed by atoms with van der Waals surface area (Å²) in [5.74, 6) is 0.185. The van der Waals surface area contributed by atoms with E-state index in [4.69, 9.17) is 11.6 Å². The first-order valence-corrected chi connectivity index (χ1v) is 5.54. The van der Waals surface area contributed by atoms with Crippen LogP contribution >= 0.6 is 23.1 Å². The Hall–Kier alpha value is -1.53. The molecule has 2 aromatic heterocycles. The highest BCUT2D eigenvalue weighted by molar-refractivity contribution is 7.08. The number of amides is 1. The number of nitrogens with one attached hydrogen (secondary N) is 1. The van der Waals surface area contributed by atoms with Crippen LogP contribution in [0.4, 0.5) is 5.82 Å². The van der Waals surface area contributed by atoms with Crippen LogP contribution in [0, 0.1) is 6.92 Å². The Morgan fingerprint density at radius 2 is 2.31 bits per heavy atom. The largest absolute Gasteiger partial charge is 0.306 e. The zero-order chi connectivity index (χ0) is 11.5. The predicted molar refractivity (Wildman–Crippen MR) is 61.8 cm³/mol. The van der Waals surface area contributed by atoms with Gasteiger partial charge in [-0.05, 0) is 30.6 Å². The molecular formula is C9H7ClN4OS. The van der Waals surface area contributed by atoms with Gasteiger partial charge < -0.3 is 5.32 Å². The molecule has 16 heavy (non-hydrogen) atoms. The molecule has 0 unspecified atom stereocenters. The molecule has 0 spiro atoms. The SMILES string of the molecule is Cc1nnsc1C(=O)Nc1ccc(Cl)cn1. The molecule has 1 N–H and O–H groups in total. The van der Waals surface area contributed by atoms with Crippen molar-refractivity contribution in [1.29, 1.82) is 0 Å². The number of carbonyl (C=O) groups is 1. The summed E-state index contributed by atoms with van der Waals surface area (Å²) >= 11 is 6.73. The molecule has 0 saturated heterocycles. The summed E-state index contributed by atoms with van der Waals surface area (Å²) in [5, 5.41) is 6.92. The van der Waals surface area contributed by atoms with Gasteiger partial charge in [0.1, 0.15) is 10.7 Å². The maximum atomic E-state index is 11.7. The molecule has 0 fully saturated rings. The maximum Gasteiger partial charge on any atom is 0.270 e. The summed E-state index contributed by atoms with van der Waals surface area (Å²) in [7, 11) is 0. The highest BCUT2D eigenvalue weighted by Gasteiger charge is 2.13. The number of halogens is 1. The van der Waals surface area contributed by atoms with Crippen LogP contribution in [0.5, 0.6) is 0 Å². The van der Waals surface area contributed by atoms with Crippen molar-refractivity contribution in [2.24, 2.45) is 0 Å². The molecule has 2 heterocycles. The van der Waals surface area contributed by atoms with E-state index in [2.05, 4.69) is 19.9 Å². The molecule has 2 aromatic rings. The second kappa shape index (κ2) is 4.54. The van der Waals surface area contributed by atoms with Crippen molar-refractivity contribution >= 4 is 34.9 Å². The van der Waals surface area contributed by atoms with Crippen molar-refractivity contribution in [3.63, 3.8) is 0 Å². The van der Waals surface area contributed by atoms with E-state index in [1.54, 1.807) is 19.1 Å². The maximum absolute atomic E-state index is 11.7. The zero-order valence-corrected chi connectivity index (χ0v) is 9.84. The Morgan fingerprint density at radius 3 is 2.88 bits per heavy atom. The van der Waals surface area contributed by atoms with Gasteiger partial charge >= 0.3 is 0 Å². The number of pyridine rings is 1. The van der Waals surface area contributed by atoms with Crippen LogP contribution < -0.4 is 5.32 Å². The number of rotatable bonds is 2. The lowest BCUT2D eigenvalue weighted by Crippen LogP contribution is -2.12. The summed E-state index contributed by atoms with van der Waals surface area (Å²) in [4.78, 5) is 16.2. The van der Waals surface area contributed by atoms with E-state index in [9.17, 15) is 4.79 Å². The van der Waals surface area contributed by atoms with Gasteiger partial charge in [0.15, 0.2) is 0 Å². The third-order valence-corrected chi connectivity index (χ3v) is 2.88. The molecule has 0 aromatic carbocycles. The quantitative estimate of drug-likeness (QED) is 0.892. The Labute approximate surface area is 101 Å². The van der Waals surface area contributed by atoms with Gasteiger partial charge in [-0.1, -0.05) is 16.1 Å². The Morgan fingerprint density at radius 1 is 1.50 bits per heavy atom. The lowest BCUT2D eigenvalue weighted by atomic mass is 10.3. The second-order valence-corrected chi connectivity index (χ2v) is 4.19. The van der Waals surface area contributed by atoms with E-state index < -0.39 is 0 Å². The van der Waals surface area contributed by atoms with Crippen LogP contribution in [0.15, 0.2) is 18.3 Å². The molecule has 5 nitrogen and oxygen atoms in total. The van der Waals surface area contributed by atoms with Gasteiger partial charge in [-0.15, -0.1) is 5.10 Å². The summed E-state index contributed by atoms with van der Waals surface area (Å²) < 4.78 is 3.69. The van der Waals surface area contributed by atoms with Crippen molar-refractivity contribution in [2.45, 2.75) is 6.92 Å². The summed E-state index contributed by atoms with van der Waals surface area (Å²) in [6.45, 7) is 1.73. The summed E-state index contributed by atoms with van der Waals surface area (Å²) in [5.41, 5.74) is 0.608. The second-order valence-electron chi connectivity index (χ2n) is 3.00. The fourth-order valence-electron chi connectivity index (χ4n) is 1.06. The van der Waals surface area contributed by atoms with Gasteiger partial charge in [0.25, 0.3) is 5.91 Å². The minimum atomic E-state index is -0.262. The van der Waals surface area contributed by atoms with Crippen LogP contribution in [0.3, 0.4) is 0 Å². The van der Waals surface area contributed by atoms with Crippen molar-refractivity contribution in [2.75, 3.05) is 5.32 Å². The lowest BCUT2D eigenvalue weighted by Gasteiger charge is -2.01. The van der Waals surface area contributed by atoms with E-state index in [1.165, 1.54) is 6.20 Å². The minimum absolute atomic E-state index is 0.262. The van der Waals surface area contributed by atoms with Gasteiger partial charge in [0.05, 0.1) is 10.7 Å². The van der Waals surface area contributed by atoms with Crippen LogP contribution in [0.1, 0.15) is 15.4 Å². The highest BCUT2D eigenvalue weighted by atomic mass is 35.5. The number of aromatic nitrogens is 3. The first kappa shape index (κ1) is 11.0. The van der Waals surface area contributed by atoms with Gasteiger partial charge in [-0.2, -0.15) is 0 Å². The Balaban J connectivity index is 2.14. The summed E-state index contributed by atoms with van der Waals surface area (Å²) in [6, 6.07) is 3.28. The molecule has 0 aliphatic rings. The number of anilines is 1. The van der Waals surface area contributed by atoms with Crippen LogP contribution in [0.25, 0.3) is 0 Å². The molecule has 0 atom stereocenters. The van der Waals surface area contributed by atoms with E-state index in [1.807, 2.05) is 0 Å². The smallest absolute Gasteiger partial charge is 0.270 e. The average Bonchev–Trinajstić information content (AvgIpc) is 2.68. The van der Waals surface area contributed by atoms with Crippen molar-refractivity contribution < 1.29 is 4.79 Å².